The number of para-hydroxylation sites is 2. The summed E-state index contributed by atoms with van der Waals surface area (Å²) in [7, 11) is 1.80. The Hall–Kier alpha value is -1.91. The second-order valence-corrected chi connectivity index (χ2v) is 8.20. The first-order valence-electron chi connectivity index (χ1n) is 11.4. The van der Waals surface area contributed by atoms with Crippen molar-refractivity contribution in [3.8, 4) is 11.5 Å². The molecule has 0 spiro atoms. The van der Waals surface area contributed by atoms with Crippen LogP contribution in [0.3, 0.4) is 0 Å². The number of likely N-dealkylation sites (tertiary alicyclic amines) is 1. The Bertz CT molecular complexity index is 900. The molecule has 0 amide bonds. The van der Waals surface area contributed by atoms with E-state index in [9.17, 15) is 4.39 Å². The molecule has 2 aromatic carbocycles. The summed E-state index contributed by atoms with van der Waals surface area (Å²) in [5.41, 5.74) is 0.937. The second-order valence-electron chi connectivity index (χ2n) is 8.20. The molecule has 2 aromatic rings. The van der Waals surface area contributed by atoms with Gasteiger partial charge < -0.3 is 24.4 Å². The van der Waals surface area contributed by atoms with E-state index in [0.29, 0.717) is 18.9 Å². The van der Waals surface area contributed by atoms with Gasteiger partial charge in [0.1, 0.15) is 5.75 Å². The van der Waals surface area contributed by atoms with Gasteiger partial charge in [0, 0.05) is 38.9 Å². The first-order chi connectivity index (χ1) is 15.7. The van der Waals surface area contributed by atoms with Gasteiger partial charge in [-0.2, -0.15) is 0 Å². The number of ether oxygens (including phenoxy) is 3. The van der Waals surface area contributed by atoms with Gasteiger partial charge in [-0.1, -0.05) is 30.3 Å². The third-order valence-corrected chi connectivity index (χ3v) is 5.96. The van der Waals surface area contributed by atoms with Crippen molar-refractivity contribution in [2.45, 2.75) is 44.4 Å². The average molecular weight is 569 g/mol. The molecule has 0 aromatic heterocycles. The Kier molecular flexibility index (Phi) is 10.2. The minimum atomic E-state index is -0.379. The number of hydrogen-bond acceptors (Lipinski definition) is 4. The summed E-state index contributed by atoms with van der Waals surface area (Å²) < 4.78 is 31.6. The summed E-state index contributed by atoms with van der Waals surface area (Å²) in [6.45, 7) is 3.89. The smallest absolute Gasteiger partial charge is 0.193 e. The molecule has 180 valence electrons. The fraction of sp³-hybridized carbons (Fsp3) is 0.480. The topological polar surface area (TPSA) is 55.3 Å². The summed E-state index contributed by atoms with van der Waals surface area (Å²) in [5, 5.41) is 3.43. The number of benzene rings is 2. The molecule has 1 atom stereocenters. The number of aliphatic imine (C=N–C) groups is 1. The highest BCUT2D eigenvalue weighted by Gasteiger charge is 2.24. The lowest BCUT2D eigenvalue weighted by atomic mass is 10.1. The Balaban J connectivity index is 0.00000306. The molecule has 33 heavy (non-hydrogen) atoms. The first-order valence-corrected chi connectivity index (χ1v) is 11.4. The molecule has 1 unspecified atom stereocenters. The largest absolute Gasteiger partial charge is 0.454 e. The van der Waals surface area contributed by atoms with Crippen LogP contribution in [-0.2, 0) is 16.0 Å². The molecule has 2 saturated heterocycles. The van der Waals surface area contributed by atoms with E-state index in [0.717, 1.165) is 56.9 Å². The van der Waals surface area contributed by atoms with Gasteiger partial charge in [-0.05, 0) is 43.9 Å². The van der Waals surface area contributed by atoms with Gasteiger partial charge in [0.15, 0.2) is 17.5 Å². The number of piperidine rings is 1. The number of guanidine groups is 1. The molecule has 0 bridgehead atoms. The van der Waals surface area contributed by atoms with Crippen LogP contribution < -0.4 is 10.1 Å². The quantitative estimate of drug-likeness (QED) is 0.290. The molecule has 1 N–H and O–H groups in total. The summed E-state index contributed by atoms with van der Waals surface area (Å²) in [6, 6.07) is 14.1. The Morgan fingerprint density at radius 1 is 1.09 bits per heavy atom. The van der Waals surface area contributed by atoms with Crippen molar-refractivity contribution in [1.29, 1.82) is 0 Å². The van der Waals surface area contributed by atoms with Crippen molar-refractivity contribution >= 4 is 29.9 Å². The van der Waals surface area contributed by atoms with E-state index in [1.54, 1.807) is 25.2 Å². The fourth-order valence-corrected chi connectivity index (χ4v) is 4.16. The van der Waals surface area contributed by atoms with Crippen LogP contribution in [0.2, 0.25) is 0 Å². The lowest BCUT2D eigenvalue weighted by Crippen LogP contribution is -2.47. The molecular weight excluding hydrogens is 536 g/mol. The zero-order chi connectivity index (χ0) is 22.2. The van der Waals surface area contributed by atoms with Crippen molar-refractivity contribution in [3.05, 3.63) is 59.9 Å². The molecular formula is C25H33FIN3O3. The van der Waals surface area contributed by atoms with Crippen LogP contribution in [0.4, 0.5) is 4.39 Å². The lowest BCUT2D eigenvalue weighted by Gasteiger charge is -2.34. The van der Waals surface area contributed by atoms with Gasteiger partial charge in [0.2, 0.25) is 0 Å². The van der Waals surface area contributed by atoms with E-state index in [1.807, 2.05) is 24.3 Å². The van der Waals surface area contributed by atoms with Gasteiger partial charge in [0.05, 0.1) is 18.8 Å². The van der Waals surface area contributed by atoms with Crippen LogP contribution >= 0.6 is 24.0 Å². The van der Waals surface area contributed by atoms with E-state index in [1.165, 1.54) is 6.07 Å². The maximum atomic E-state index is 14.0. The third-order valence-electron chi connectivity index (χ3n) is 5.96. The highest BCUT2D eigenvalue weighted by Crippen LogP contribution is 2.27. The van der Waals surface area contributed by atoms with Crippen LogP contribution in [0.25, 0.3) is 0 Å². The first kappa shape index (κ1) is 25.7. The summed E-state index contributed by atoms with van der Waals surface area (Å²) in [5.74, 6) is 1.31. The summed E-state index contributed by atoms with van der Waals surface area (Å²) >= 11 is 0. The number of rotatable bonds is 7. The van der Waals surface area contributed by atoms with Crippen LogP contribution in [0.1, 0.15) is 31.2 Å². The predicted octanol–water partition coefficient (Wildman–Crippen LogP) is 4.97. The maximum Gasteiger partial charge on any atom is 0.193 e. The van der Waals surface area contributed by atoms with E-state index in [2.05, 4.69) is 15.2 Å². The zero-order valence-corrected chi connectivity index (χ0v) is 21.4. The molecule has 0 aliphatic carbocycles. The van der Waals surface area contributed by atoms with Gasteiger partial charge in [0.25, 0.3) is 0 Å². The van der Waals surface area contributed by atoms with E-state index in [4.69, 9.17) is 14.2 Å². The van der Waals surface area contributed by atoms with Crippen molar-refractivity contribution in [3.63, 3.8) is 0 Å². The summed E-state index contributed by atoms with van der Waals surface area (Å²) in [4.78, 5) is 6.71. The minimum Gasteiger partial charge on any atom is -0.454 e. The standard InChI is InChI=1S/C25H32FN3O3.HI/c1-27-25(29-14-12-20(13-15-29)31-18-21-8-6-16-30-21)28-17-19-7-2-4-10-23(19)32-24-11-5-3-9-22(24)26;/h2-5,7,9-11,20-21H,6,8,12-18H2,1H3,(H,27,28);1H. The lowest BCUT2D eigenvalue weighted by molar-refractivity contribution is -0.0367. The molecule has 8 heteroatoms. The minimum absolute atomic E-state index is 0. The van der Waals surface area contributed by atoms with Crippen molar-refractivity contribution in [2.24, 2.45) is 4.99 Å². The Morgan fingerprint density at radius 2 is 1.82 bits per heavy atom. The molecule has 2 aliphatic heterocycles. The van der Waals surface area contributed by atoms with Crippen LogP contribution in [-0.4, -0.2) is 56.4 Å². The van der Waals surface area contributed by atoms with E-state index < -0.39 is 0 Å². The molecule has 0 saturated carbocycles. The fourth-order valence-electron chi connectivity index (χ4n) is 4.16. The van der Waals surface area contributed by atoms with Crippen molar-refractivity contribution in [1.82, 2.24) is 10.2 Å². The SMILES string of the molecule is CN=C(NCc1ccccc1Oc1ccccc1F)N1CCC(OCC2CCCO2)CC1.I. The third kappa shape index (κ3) is 7.28. The average Bonchev–Trinajstić information content (AvgIpc) is 3.35. The van der Waals surface area contributed by atoms with Crippen molar-refractivity contribution in [2.75, 3.05) is 33.4 Å². The molecule has 2 aliphatic rings. The zero-order valence-electron chi connectivity index (χ0n) is 19.0. The van der Waals surface area contributed by atoms with Crippen LogP contribution in [0.15, 0.2) is 53.5 Å². The molecule has 4 rings (SSSR count). The molecule has 2 heterocycles. The van der Waals surface area contributed by atoms with E-state index in [-0.39, 0.29) is 47.8 Å². The highest BCUT2D eigenvalue weighted by atomic mass is 127. The molecule has 2 fully saturated rings. The van der Waals surface area contributed by atoms with Gasteiger partial charge in [-0.3, -0.25) is 4.99 Å². The number of nitrogens with zero attached hydrogens (tertiary/aromatic N) is 2. The Morgan fingerprint density at radius 3 is 2.52 bits per heavy atom. The van der Waals surface area contributed by atoms with Crippen LogP contribution in [0.5, 0.6) is 11.5 Å². The second kappa shape index (κ2) is 13.1. The monoisotopic (exact) mass is 569 g/mol. The normalized spacial score (nSPS) is 19.3. The molecule has 6 nitrogen and oxygen atoms in total. The van der Waals surface area contributed by atoms with E-state index >= 15 is 0 Å². The molecule has 0 radical (unpaired) electrons. The van der Waals surface area contributed by atoms with Gasteiger partial charge >= 0.3 is 0 Å². The number of halogens is 2. The van der Waals surface area contributed by atoms with Gasteiger partial charge in [-0.25, -0.2) is 4.39 Å². The van der Waals surface area contributed by atoms with Crippen molar-refractivity contribution < 1.29 is 18.6 Å². The highest BCUT2D eigenvalue weighted by molar-refractivity contribution is 14.0. The maximum absolute atomic E-state index is 14.0. The number of hydrogen-bond donors (Lipinski definition) is 1. The number of nitrogens with one attached hydrogen (secondary N) is 1. The predicted molar refractivity (Wildman–Crippen MR) is 138 cm³/mol. The van der Waals surface area contributed by atoms with Crippen LogP contribution in [0, 0.1) is 5.82 Å². The summed E-state index contributed by atoms with van der Waals surface area (Å²) in [6.07, 6.45) is 4.75. The van der Waals surface area contributed by atoms with Gasteiger partial charge in [-0.15, -0.1) is 24.0 Å². The Labute approximate surface area is 212 Å².